The molecule has 0 saturated heterocycles. The summed E-state index contributed by atoms with van der Waals surface area (Å²) in [6.45, 7) is 9.20. The summed E-state index contributed by atoms with van der Waals surface area (Å²) in [6, 6.07) is 19.7. The van der Waals surface area contributed by atoms with Crippen LogP contribution in [0.5, 0.6) is 0 Å². The molecule has 2 amide bonds. The maximum atomic E-state index is 13.5. The molecular formula is C33H35N3O5. The van der Waals surface area contributed by atoms with Crippen molar-refractivity contribution in [1.82, 2.24) is 10.3 Å². The van der Waals surface area contributed by atoms with Crippen LogP contribution in [0.2, 0.25) is 0 Å². The van der Waals surface area contributed by atoms with Crippen LogP contribution in [0.25, 0.3) is 10.8 Å². The topological polar surface area (TPSA) is 107 Å². The molecule has 0 aliphatic heterocycles. The summed E-state index contributed by atoms with van der Waals surface area (Å²) in [7, 11) is 0. The minimum absolute atomic E-state index is 0.00382. The molecule has 4 rings (SSSR count). The number of benzene rings is 3. The Hall–Kier alpha value is -4.72. The average Bonchev–Trinajstić information content (AvgIpc) is 2.91. The molecule has 212 valence electrons. The van der Waals surface area contributed by atoms with Gasteiger partial charge in [-0.1, -0.05) is 48.0 Å². The number of carbonyl (C=O) groups excluding carboxylic acids is 3. The van der Waals surface area contributed by atoms with Crippen LogP contribution in [-0.2, 0) is 20.9 Å². The van der Waals surface area contributed by atoms with Crippen LogP contribution in [0.3, 0.4) is 0 Å². The highest BCUT2D eigenvalue weighted by atomic mass is 16.6. The van der Waals surface area contributed by atoms with E-state index in [4.69, 9.17) is 10.8 Å². The zero-order valence-corrected chi connectivity index (χ0v) is 23.9. The molecule has 0 unspecified atom stereocenters. The van der Waals surface area contributed by atoms with Crippen molar-refractivity contribution < 1.29 is 25.2 Å². The van der Waals surface area contributed by atoms with Gasteiger partial charge in [-0.15, -0.1) is 0 Å². The Morgan fingerprint density at radius 1 is 0.951 bits per heavy atom. The lowest BCUT2D eigenvalue weighted by Gasteiger charge is -2.22. The van der Waals surface area contributed by atoms with Crippen LogP contribution in [0.1, 0.15) is 60.7 Å². The maximum Gasteiger partial charge on any atom is 0.407 e. The van der Waals surface area contributed by atoms with Crippen molar-refractivity contribution in [2.24, 2.45) is 0 Å². The van der Waals surface area contributed by atoms with Crippen molar-refractivity contribution in [2.45, 2.75) is 52.7 Å². The molecule has 41 heavy (non-hydrogen) atoms. The molecule has 8 nitrogen and oxygen atoms in total. The van der Waals surface area contributed by atoms with Gasteiger partial charge in [0.1, 0.15) is 12.2 Å². The Bertz CT molecular complexity index is 1610. The van der Waals surface area contributed by atoms with Gasteiger partial charge in [0.2, 0.25) is 5.91 Å². The molecule has 4 aromatic rings. The van der Waals surface area contributed by atoms with Gasteiger partial charge in [-0.2, -0.15) is 0 Å². The number of ether oxygens (including phenoxy) is 2. The van der Waals surface area contributed by atoms with E-state index in [0.29, 0.717) is 22.2 Å². The highest BCUT2D eigenvalue weighted by Crippen LogP contribution is 2.23. The third kappa shape index (κ3) is 8.14. The van der Waals surface area contributed by atoms with Crippen molar-refractivity contribution in [2.75, 3.05) is 11.9 Å². The summed E-state index contributed by atoms with van der Waals surface area (Å²) in [5.41, 5.74) is 3.72. The summed E-state index contributed by atoms with van der Waals surface area (Å²) in [6.07, 6.45) is 1.07. The van der Waals surface area contributed by atoms with Gasteiger partial charge in [-0.25, -0.2) is 9.59 Å². The number of rotatable bonds is 8. The van der Waals surface area contributed by atoms with Gasteiger partial charge < -0.3 is 20.1 Å². The second kappa shape index (κ2) is 12.6. The highest BCUT2D eigenvalue weighted by Gasteiger charge is 2.24. The third-order valence-electron chi connectivity index (χ3n) is 6.35. The van der Waals surface area contributed by atoms with Crippen LogP contribution in [0.15, 0.2) is 79.1 Å². The molecule has 1 atom stereocenters. The van der Waals surface area contributed by atoms with Crippen molar-refractivity contribution >= 4 is 34.4 Å². The zero-order chi connectivity index (χ0) is 30.4. The number of hydrogen-bond acceptors (Lipinski definition) is 6. The number of nitrogens with one attached hydrogen (secondary N) is 2. The molecule has 3 aromatic carbocycles. The first-order valence-electron chi connectivity index (χ1n) is 13.9. The molecule has 8 heteroatoms. The van der Waals surface area contributed by atoms with Crippen LogP contribution in [-0.4, -0.2) is 35.1 Å². The summed E-state index contributed by atoms with van der Waals surface area (Å²) in [5.74, 6) is -1.48. The molecule has 0 aliphatic rings. The Balaban J connectivity index is 1.49. The standard InChI is InChI=1S/C33H35N3O5/c1-21-6-13-28(22(2)16-21)31(38)40-20-23-7-9-24(10-8-23)29(19-35-32(39)41-33(3,4)5)30(37)36-27-12-11-26-18-34-15-14-25(26)17-27/h6-18,29H,19-20H2,1-5H3,(H,35,39)(H,36,37)/t29-/m1/s1/i18D. The van der Waals surface area contributed by atoms with Crippen molar-refractivity contribution in [3.8, 4) is 0 Å². The Kier molecular flexibility index (Phi) is 8.58. The van der Waals surface area contributed by atoms with Gasteiger partial charge >= 0.3 is 12.1 Å². The number of aromatic nitrogens is 1. The zero-order valence-electron chi connectivity index (χ0n) is 24.9. The molecule has 1 aromatic heterocycles. The van der Waals surface area contributed by atoms with Crippen molar-refractivity contribution in [1.29, 1.82) is 0 Å². The summed E-state index contributed by atoms with van der Waals surface area (Å²) in [4.78, 5) is 42.5. The van der Waals surface area contributed by atoms with Gasteiger partial charge in [0.15, 0.2) is 0 Å². The smallest absolute Gasteiger partial charge is 0.407 e. The number of aryl methyl sites for hydroxylation is 2. The Morgan fingerprint density at radius 2 is 1.71 bits per heavy atom. The van der Waals surface area contributed by atoms with E-state index in [1.165, 1.54) is 0 Å². The van der Waals surface area contributed by atoms with E-state index < -0.39 is 23.6 Å². The molecule has 0 radical (unpaired) electrons. The number of carbonyl (C=O) groups is 3. The number of pyridine rings is 1. The number of fused-ring (bicyclic) bond motifs is 1. The van der Waals surface area contributed by atoms with Crippen molar-refractivity contribution in [3.63, 3.8) is 0 Å². The summed E-state index contributed by atoms with van der Waals surface area (Å²) in [5, 5.41) is 7.07. The second-order valence-corrected chi connectivity index (χ2v) is 10.9. The van der Waals surface area contributed by atoms with Crippen LogP contribution < -0.4 is 10.6 Å². The van der Waals surface area contributed by atoms with Crippen LogP contribution in [0.4, 0.5) is 10.5 Å². The lowest BCUT2D eigenvalue weighted by Crippen LogP contribution is -2.37. The second-order valence-electron chi connectivity index (χ2n) is 10.9. The monoisotopic (exact) mass is 554 g/mol. The van der Waals surface area contributed by atoms with Gasteiger partial charge in [0.05, 0.1) is 12.9 Å². The number of anilines is 1. The fraction of sp³-hybridized carbons (Fsp3) is 0.273. The van der Waals surface area contributed by atoms with Gasteiger partial charge in [0.25, 0.3) is 0 Å². The van der Waals surface area contributed by atoms with E-state index in [9.17, 15) is 14.4 Å². The molecule has 0 aliphatic carbocycles. The average molecular weight is 555 g/mol. The molecule has 0 bridgehead atoms. The fourth-order valence-electron chi connectivity index (χ4n) is 4.31. The number of amides is 2. The quantitative estimate of drug-likeness (QED) is 0.242. The van der Waals surface area contributed by atoms with E-state index >= 15 is 0 Å². The lowest BCUT2D eigenvalue weighted by molar-refractivity contribution is -0.117. The molecule has 0 spiro atoms. The summed E-state index contributed by atoms with van der Waals surface area (Å²) >= 11 is 0. The first-order valence-corrected chi connectivity index (χ1v) is 13.4. The first-order chi connectivity index (χ1) is 19.9. The fourth-order valence-corrected chi connectivity index (χ4v) is 4.31. The molecule has 2 N–H and O–H groups in total. The SMILES string of the molecule is [2H]c1nccc2cc(NC(=O)[C@H](CNC(=O)OC(C)(C)C)c3ccc(COC(=O)c4ccc(C)cc4C)cc3)ccc12. The minimum atomic E-state index is -0.746. The van der Waals surface area contributed by atoms with E-state index in [-0.39, 0.29) is 25.2 Å². The number of alkyl carbamates (subject to hydrolysis) is 1. The van der Waals surface area contributed by atoms with Gasteiger partial charge in [-0.05, 0) is 81.0 Å². The molecule has 0 saturated carbocycles. The molecule has 1 heterocycles. The van der Waals surface area contributed by atoms with Crippen molar-refractivity contribution in [3.05, 3.63) is 107 Å². The normalized spacial score (nSPS) is 12.3. The molecule has 0 fully saturated rings. The third-order valence-corrected chi connectivity index (χ3v) is 6.35. The van der Waals surface area contributed by atoms with E-state index in [1.54, 1.807) is 81.6 Å². The van der Waals surface area contributed by atoms with E-state index in [1.807, 2.05) is 26.0 Å². The first kappa shape index (κ1) is 27.8. The Morgan fingerprint density at radius 3 is 2.41 bits per heavy atom. The summed E-state index contributed by atoms with van der Waals surface area (Å²) < 4.78 is 18.8. The van der Waals surface area contributed by atoms with Gasteiger partial charge in [0, 0.05) is 30.0 Å². The number of esters is 1. The minimum Gasteiger partial charge on any atom is -0.457 e. The Labute approximate surface area is 241 Å². The predicted molar refractivity (Wildman–Crippen MR) is 159 cm³/mol. The van der Waals surface area contributed by atoms with E-state index in [0.717, 1.165) is 22.1 Å². The number of nitrogens with zero attached hydrogens (tertiary/aromatic N) is 1. The maximum absolute atomic E-state index is 13.5. The van der Waals surface area contributed by atoms with Gasteiger partial charge in [-0.3, -0.25) is 9.78 Å². The van der Waals surface area contributed by atoms with E-state index in [2.05, 4.69) is 15.6 Å². The largest absolute Gasteiger partial charge is 0.457 e. The highest BCUT2D eigenvalue weighted by molar-refractivity contribution is 5.98. The number of hydrogen-bond donors (Lipinski definition) is 2. The molecular weight excluding hydrogens is 518 g/mol. The van der Waals surface area contributed by atoms with Crippen LogP contribution in [0, 0.1) is 13.8 Å². The lowest BCUT2D eigenvalue weighted by atomic mass is 9.96. The predicted octanol–water partition coefficient (Wildman–Crippen LogP) is 6.46. The van der Waals surface area contributed by atoms with Crippen LogP contribution >= 0.6 is 0 Å².